The molecule has 3 nitrogen and oxygen atoms in total. The standard InChI is InChI=1S/C15H30O3Si/c1-6-17-10-11-18-13-14(2)7-8-15(16)9-12-19(3,4)5/h14-16H,6-8,10-11,13H2,1-5H3/t14-,15-/m0/s1. The molecule has 0 aromatic heterocycles. The fourth-order valence-corrected chi connectivity index (χ4v) is 2.04. The average Bonchev–Trinajstić information content (AvgIpc) is 2.32. The van der Waals surface area contributed by atoms with Crippen molar-refractivity contribution < 1.29 is 14.6 Å². The highest BCUT2D eigenvalue weighted by Gasteiger charge is 2.10. The molecule has 0 spiro atoms. The Balaban J connectivity index is 3.66. The highest BCUT2D eigenvalue weighted by atomic mass is 28.3. The van der Waals surface area contributed by atoms with Crippen LogP contribution in [0.4, 0.5) is 0 Å². The van der Waals surface area contributed by atoms with E-state index in [4.69, 9.17) is 9.47 Å². The normalized spacial score (nSPS) is 14.6. The molecule has 112 valence electrons. The van der Waals surface area contributed by atoms with E-state index in [9.17, 15) is 5.11 Å². The summed E-state index contributed by atoms with van der Waals surface area (Å²) in [6, 6.07) is 0. The van der Waals surface area contributed by atoms with E-state index in [1.165, 1.54) is 0 Å². The Kier molecular flexibility index (Phi) is 10.3. The lowest BCUT2D eigenvalue weighted by Gasteiger charge is -2.13. The molecule has 0 radical (unpaired) electrons. The molecule has 0 aromatic rings. The summed E-state index contributed by atoms with van der Waals surface area (Å²) in [5.41, 5.74) is 3.20. The second-order valence-corrected chi connectivity index (χ2v) is 10.7. The molecule has 0 heterocycles. The number of rotatable bonds is 9. The molecular formula is C15H30O3Si. The average molecular weight is 286 g/mol. The molecule has 0 rings (SSSR count). The molecule has 0 aliphatic heterocycles. The van der Waals surface area contributed by atoms with Gasteiger partial charge in [-0.05, 0) is 25.7 Å². The van der Waals surface area contributed by atoms with Gasteiger partial charge >= 0.3 is 0 Å². The monoisotopic (exact) mass is 286 g/mol. The van der Waals surface area contributed by atoms with E-state index in [1.54, 1.807) is 0 Å². The Morgan fingerprint density at radius 1 is 1.11 bits per heavy atom. The summed E-state index contributed by atoms with van der Waals surface area (Å²) in [7, 11) is -1.37. The van der Waals surface area contributed by atoms with Gasteiger partial charge < -0.3 is 14.6 Å². The van der Waals surface area contributed by atoms with Gasteiger partial charge in [-0.1, -0.05) is 32.5 Å². The first kappa shape index (κ1) is 18.7. The summed E-state index contributed by atoms with van der Waals surface area (Å²) < 4.78 is 10.7. The number of hydrogen-bond donors (Lipinski definition) is 1. The number of hydrogen-bond acceptors (Lipinski definition) is 3. The van der Waals surface area contributed by atoms with Crippen LogP contribution in [-0.4, -0.2) is 45.7 Å². The number of aliphatic hydroxyl groups is 1. The molecule has 0 fully saturated rings. The molecule has 19 heavy (non-hydrogen) atoms. The zero-order chi connectivity index (χ0) is 14.7. The SMILES string of the molecule is CCOCCOC[C@@H](C)CC[C@H](O)C#C[Si](C)(C)C. The maximum atomic E-state index is 9.79. The van der Waals surface area contributed by atoms with Gasteiger partial charge in [0.2, 0.25) is 0 Å². The van der Waals surface area contributed by atoms with E-state index in [1.807, 2.05) is 6.92 Å². The molecule has 0 amide bonds. The molecule has 0 saturated carbocycles. The van der Waals surface area contributed by atoms with E-state index < -0.39 is 14.2 Å². The molecule has 0 unspecified atom stereocenters. The zero-order valence-electron chi connectivity index (χ0n) is 13.2. The Morgan fingerprint density at radius 3 is 2.32 bits per heavy atom. The highest BCUT2D eigenvalue weighted by Crippen LogP contribution is 2.08. The van der Waals surface area contributed by atoms with Gasteiger partial charge in [-0.2, -0.15) is 0 Å². The molecule has 4 heteroatoms. The topological polar surface area (TPSA) is 38.7 Å². The summed E-state index contributed by atoms with van der Waals surface area (Å²) >= 11 is 0. The van der Waals surface area contributed by atoms with Gasteiger partial charge in [-0.25, -0.2) is 0 Å². The van der Waals surface area contributed by atoms with Crippen LogP contribution in [0.25, 0.3) is 0 Å². The van der Waals surface area contributed by atoms with Gasteiger partial charge in [0, 0.05) is 13.2 Å². The van der Waals surface area contributed by atoms with Gasteiger partial charge in [0.25, 0.3) is 0 Å². The van der Waals surface area contributed by atoms with Crippen molar-refractivity contribution in [2.24, 2.45) is 5.92 Å². The van der Waals surface area contributed by atoms with Crippen LogP contribution in [0.3, 0.4) is 0 Å². The predicted octanol–water partition coefficient (Wildman–Crippen LogP) is 2.70. The quantitative estimate of drug-likeness (QED) is 0.402. The van der Waals surface area contributed by atoms with Gasteiger partial charge in [0.15, 0.2) is 0 Å². The fraction of sp³-hybridized carbons (Fsp3) is 0.867. The van der Waals surface area contributed by atoms with Crippen LogP contribution in [-0.2, 0) is 9.47 Å². The third-order valence-electron chi connectivity index (χ3n) is 2.53. The number of aliphatic hydroxyl groups excluding tert-OH is 1. The van der Waals surface area contributed by atoms with E-state index in [0.717, 1.165) is 26.1 Å². The van der Waals surface area contributed by atoms with Crippen LogP contribution >= 0.6 is 0 Å². The van der Waals surface area contributed by atoms with Crippen molar-refractivity contribution in [2.75, 3.05) is 26.4 Å². The Hall–Kier alpha value is -0.343. The van der Waals surface area contributed by atoms with Crippen molar-refractivity contribution >= 4 is 8.07 Å². The first-order valence-corrected chi connectivity index (χ1v) is 10.7. The maximum Gasteiger partial charge on any atom is 0.129 e. The van der Waals surface area contributed by atoms with Crippen LogP contribution in [0.5, 0.6) is 0 Å². The van der Waals surface area contributed by atoms with Gasteiger partial charge in [0.05, 0.1) is 13.2 Å². The van der Waals surface area contributed by atoms with Crippen LogP contribution in [0.2, 0.25) is 19.6 Å². The molecule has 0 aliphatic carbocycles. The van der Waals surface area contributed by atoms with Crippen LogP contribution in [0, 0.1) is 17.4 Å². The van der Waals surface area contributed by atoms with Gasteiger partial charge in [0.1, 0.15) is 14.2 Å². The third-order valence-corrected chi connectivity index (χ3v) is 3.42. The second kappa shape index (κ2) is 10.4. The fourth-order valence-electron chi connectivity index (χ4n) is 1.44. The first-order valence-electron chi connectivity index (χ1n) is 7.21. The lowest BCUT2D eigenvalue weighted by Crippen LogP contribution is -2.18. The van der Waals surface area contributed by atoms with E-state index in [0.29, 0.717) is 19.1 Å². The smallest absolute Gasteiger partial charge is 0.129 e. The van der Waals surface area contributed by atoms with Crippen LogP contribution < -0.4 is 0 Å². The van der Waals surface area contributed by atoms with E-state index in [-0.39, 0.29) is 0 Å². The number of ether oxygens (including phenoxy) is 2. The minimum Gasteiger partial charge on any atom is -0.380 e. The molecule has 0 saturated heterocycles. The Bertz CT molecular complexity index is 275. The first-order chi connectivity index (χ1) is 8.85. The van der Waals surface area contributed by atoms with Crippen molar-refractivity contribution in [1.29, 1.82) is 0 Å². The lowest BCUT2D eigenvalue weighted by molar-refractivity contribution is 0.0371. The largest absolute Gasteiger partial charge is 0.380 e. The van der Waals surface area contributed by atoms with Crippen LogP contribution in [0.15, 0.2) is 0 Å². The van der Waals surface area contributed by atoms with E-state index in [2.05, 4.69) is 38.0 Å². The maximum absolute atomic E-state index is 9.79. The van der Waals surface area contributed by atoms with Gasteiger partial charge in [-0.3, -0.25) is 0 Å². The molecular weight excluding hydrogens is 256 g/mol. The van der Waals surface area contributed by atoms with Crippen molar-refractivity contribution in [2.45, 2.75) is 52.4 Å². The lowest BCUT2D eigenvalue weighted by atomic mass is 10.0. The van der Waals surface area contributed by atoms with Crippen molar-refractivity contribution in [1.82, 2.24) is 0 Å². The van der Waals surface area contributed by atoms with Crippen molar-refractivity contribution in [3.63, 3.8) is 0 Å². The molecule has 2 atom stereocenters. The summed E-state index contributed by atoms with van der Waals surface area (Å²) in [4.78, 5) is 0. The zero-order valence-corrected chi connectivity index (χ0v) is 14.2. The Labute approximate surface area is 119 Å². The summed E-state index contributed by atoms with van der Waals surface area (Å²) in [5.74, 6) is 3.42. The van der Waals surface area contributed by atoms with E-state index >= 15 is 0 Å². The molecule has 0 aliphatic rings. The molecule has 1 N–H and O–H groups in total. The highest BCUT2D eigenvalue weighted by molar-refractivity contribution is 6.83. The third kappa shape index (κ3) is 13.9. The minimum atomic E-state index is -1.37. The predicted molar refractivity (Wildman–Crippen MR) is 82.8 cm³/mol. The summed E-state index contributed by atoms with van der Waals surface area (Å²) in [6.07, 6.45) is 1.18. The van der Waals surface area contributed by atoms with Gasteiger partial charge in [-0.15, -0.1) is 5.54 Å². The minimum absolute atomic E-state index is 0.449. The van der Waals surface area contributed by atoms with Crippen molar-refractivity contribution in [3.8, 4) is 11.5 Å². The second-order valence-electron chi connectivity index (χ2n) is 5.99. The molecule has 0 bridgehead atoms. The van der Waals surface area contributed by atoms with Crippen molar-refractivity contribution in [3.05, 3.63) is 0 Å². The Morgan fingerprint density at radius 2 is 1.74 bits per heavy atom. The summed E-state index contributed by atoms with van der Waals surface area (Å²) in [5, 5.41) is 9.79. The van der Waals surface area contributed by atoms with Crippen LogP contribution in [0.1, 0.15) is 26.7 Å². The summed E-state index contributed by atoms with van der Waals surface area (Å²) in [6.45, 7) is 13.4. The molecule has 0 aromatic carbocycles.